The number of rotatable bonds is 7. The van der Waals surface area contributed by atoms with Crippen molar-refractivity contribution in [1.29, 1.82) is 0 Å². The van der Waals surface area contributed by atoms with Gasteiger partial charge in [0.25, 0.3) is 5.91 Å². The van der Waals surface area contributed by atoms with Crippen LogP contribution in [-0.2, 0) is 4.74 Å². The number of alkyl halides is 1. The summed E-state index contributed by atoms with van der Waals surface area (Å²) in [4.78, 5) is 12.4. The Labute approximate surface area is 113 Å². The Bertz CT molecular complexity index is 357. The second-order valence-corrected chi connectivity index (χ2v) is 5.25. The van der Waals surface area contributed by atoms with Gasteiger partial charge in [0.2, 0.25) is 0 Å². The van der Waals surface area contributed by atoms with Gasteiger partial charge in [0.15, 0.2) is 0 Å². The van der Waals surface area contributed by atoms with Gasteiger partial charge < -0.3 is 10.1 Å². The molecule has 0 aliphatic carbocycles. The average Bonchev–Trinajstić information content (AvgIpc) is 2.77. The summed E-state index contributed by atoms with van der Waals surface area (Å²) in [5, 5.41) is 7.56. The maximum atomic E-state index is 11.8. The second-order valence-electron chi connectivity index (χ2n) is 3.70. The summed E-state index contributed by atoms with van der Waals surface area (Å²) in [6.45, 7) is 5.65. The lowest BCUT2D eigenvalue weighted by Crippen LogP contribution is -2.27. The molecule has 1 heterocycles. The molecule has 0 unspecified atom stereocenters. The molecule has 17 heavy (non-hydrogen) atoms. The van der Waals surface area contributed by atoms with Crippen molar-refractivity contribution in [2.24, 2.45) is 0 Å². The second kappa shape index (κ2) is 7.73. The predicted molar refractivity (Wildman–Crippen MR) is 70.9 cm³/mol. The number of carbonyl (C=O) groups is 1. The van der Waals surface area contributed by atoms with E-state index < -0.39 is 0 Å². The first-order valence-electron chi connectivity index (χ1n) is 5.41. The van der Waals surface area contributed by atoms with Gasteiger partial charge >= 0.3 is 0 Å². The number of amides is 1. The van der Waals surface area contributed by atoms with Crippen LogP contribution >= 0.6 is 27.5 Å². The van der Waals surface area contributed by atoms with Crippen molar-refractivity contribution in [2.45, 2.75) is 19.8 Å². The van der Waals surface area contributed by atoms with Crippen molar-refractivity contribution < 1.29 is 9.53 Å². The molecule has 0 aliphatic rings. The van der Waals surface area contributed by atoms with E-state index in [-0.39, 0.29) is 11.8 Å². The number of aromatic nitrogens is 2. The highest BCUT2D eigenvalue weighted by Crippen LogP contribution is 2.19. The lowest BCUT2D eigenvalue weighted by Gasteiger charge is -2.06. The van der Waals surface area contributed by atoms with Crippen LogP contribution in [0.5, 0.6) is 0 Å². The van der Waals surface area contributed by atoms with E-state index in [1.54, 1.807) is 0 Å². The molecular formula is C10H16BrN3O2S. The molecule has 0 fully saturated rings. The molecule has 0 aromatic carbocycles. The van der Waals surface area contributed by atoms with E-state index in [1.807, 2.05) is 13.8 Å². The van der Waals surface area contributed by atoms with Crippen molar-refractivity contribution in [2.75, 3.05) is 25.1 Å². The lowest BCUT2D eigenvalue weighted by atomic mass is 10.1. The molecule has 0 radical (unpaired) electrons. The largest absolute Gasteiger partial charge is 0.379 e. The van der Waals surface area contributed by atoms with E-state index in [0.29, 0.717) is 24.6 Å². The Balaban J connectivity index is 2.39. The third-order valence-corrected chi connectivity index (χ3v) is 3.08. The number of hydrogen-bond donors (Lipinski definition) is 1. The summed E-state index contributed by atoms with van der Waals surface area (Å²) >= 11 is 4.39. The van der Waals surface area contributed by atoms with Crippen molar-refractivity contribution in [3.8, 4) is 0 Å². The Morgan fingerprint density at radius 3 is 2.94 bits per heavy atom. The van der Waals surface area contributed by atoms with E-state index in [2.05, 4.69) is 30.8 Å². The van der Waals surface area contributed by atoms with Gasteiger partial charge in [-0.25, -0.2) is 0 Å². The van der Waals surface area contributed by atoms with E-state index >= 15 is 0 Å². The molecule has 0 spiro atoms. The molecule has 7 heteroatoms. The van der Waals surface area contributed by atoms with Gasteiger partial charge in [0.1, 0.15) is 4.88 Å². The van der Waals surface area contributed by atoms with Crippen molar-refractivity contribution in [1.82, 2.24) is 14.9 Å². The summed E-state index contributed by atoms with van der Waals surface area (Å²) in [6, 6.07) is 0. The Morgan fingerprint density at radius 1 is 1.53 bits per heavy atom. The standard InChI is InChI=1S/C10H16BrN3O2S/c1-7(2)8-9(17-14-13-8)10(15)12-4-6-16-5-3-11/h7H,3-6H2,1-2H3,(H,12,15). The monoisotopic (exact) mass is 321 g/mol. The molecule has 1 aromatic rings. The molecule has 1 rings (SSSR count). The van der Waals surface area contributed by atoms with E-state index in [1.165, 1.54) is 0 Å². The minimum Gasteiger partial charge on any atom is -0.379 e. The minimum absolute atomic E-state index is 0.119. The van der Waals surface area contributed by atoms with Crippen LogP contribution in [0.3, 0.4) is 0 Å². The molecular weight excluding hydrogens is 306 g/mol. The molecule has 0 aliphatic heterocycles. The van der Waals surface area contributed by atoms with E-state index in [9.17, 15) is 4.79 Å². The van der Waals surface area contributed by atoms with Crippen molar-refractivity contribution in [3.63, 3.8) is 0 Å². The van der Waals surface area contributed by atoms with E-state index in [4.69, 9.17) is 4.74 Å². The lowest BCUT2D eigenvalue weighted by molar-refractivity contribution is 0.0926. The highest BCUT2D eigenvalue weighted by Gasteiger charge is 2.17. The Hall–Kier alpha value is -0.530. The van der Waals surface area contributed by atoms with Gasteiger partial charge in [0.05, 0.1) is 18.9 Å². The molecule has 1 amide bonds. The molecule has 0 bridgehead atoms. The minimum atomic E-state index is -0.119. The van der Waals surface area contributed by atoms with Crippen LogP contribution in [0, 0.1) is 0 Å². The van der Waals surface area contributed by atoms with E-state index in [0.717, 1.165) is 22.6 Å². The summed E-state index contributed by atoms with van der Waals surface area (Å²) in [5.74, 6) is 0.0882. The Kier molecular flexibility index (Phi) is 6.61. The molecule has 0 saturated carbocycles. The van der Waals surface area contributed by atoms with Crippen LogP contribution in [0.2, 0.25) is 0 Å². The molecule has 1 N–H and O–H groups in total. The summed E-state index contributed by atoms with van der Waals surface area (Å²) in [7, 11) is 0. The smallest absolute Gasteiger partial charge is 0.265 e. The third kappa shape index (κ3) is 4.69. The summed E-state index contributed by atoms with van der Waals surface area (Å²) in [5.41, 5.74) is 0.758. The van der Waals surface area contributed by atoms with Crippen LogP contribution in [0.25, 0.3) is 0 Å². The summed E-state index contributed by atoms with van der Waals surface area (Å²) in [6.07, 6.45) is 0. The number of halogens is 1. The first-order valence-corrected chi connectivity index (χ1v) is 7.30. The molecule has 0 atom stereocenters. The quantitative estimate of drug-likeness (QED) is 0.614. The van der Waals surface area contributed by atoms with Gasteiger partial charge in [0, 0.05) is 11.9 Å². The maximum Gasteiger partial charge on any atom is 0.265 e. The Morgan fingerprint density at radius 2 is 2.29 bits per heavy atom. The number of ether oxygens (including phenoxy) is 1. The van der Waals surface area contributed by atoms with Gasteiger partial charge in [-0.1, -0.05) is 34.3 Å². The number of nitrogens with zero attached hydrogens (tertiary/aromatic N) is 2. The first-order chi connectivity index (χ1) is 8.16. The molecule has 5 nitrogen and oxygen atoms in total. The first kappa shape index (κ1) is 14.5. The van der Waals surface area contributed by atoms with Crippen LogP contribution in [0.4, 0.5) is 0 Å². The number of nitrogens with one attached hydrogen (secondary N) is 1. The third-order valence-electron chi connectivity index (χ3n) is 2.02. The van der Waals surface area contributed by atoms with Gasteiger partial charge in [-0.15, -0.1) is 5.10 Å². The van der Waals surface area contributed by atoms with Gasteiger partial charge in [-0.3, -0.25) is 4.79 Å². The average molecular weight is 322 g/mol. The highest BCUT2D eigenvalue weighted by atomic mass is 79.9. The highest BCUT2D eigenvalue weighted by molar-refractivity contribution is 9.09. The van der Waals surface area contributed by atoms with Crippen LogP contribution in [-0.4, -0.2) is 40.6 Å². The number of carbonyl (C=O) groups excluding carboxylic acids is 1. The maximum absolute atomic E-state index is 11.8. The zero-order valence-electron chi connectivity index (χ0n) is 9.90. The normalized spacial score (nSPS) is 10.8. The van der Waals surface area contributed by atoms with Crippen molar-refractivity contribution in [3.05, 3.63) is 10.6 Å². The molecule has 1 aromatic heterocycles. The zero-order valence-corrected chi connectivity index (χ0v) is 12.3. The fourth-order valence-corrected chi connectivity index (χ4v) is 2.17. The predicted octanol–water partition coefficient (Wildman–Crippen LogP) is 1.80. The number of hydrogen-bond acceptors (Lipinski definition) is 5. The van der Waals surface area contributed by atoms with Crippen LogP contribution in [0.15, 0.2) is 0 Å². The van der Waals surface area contributed by atoms with Crippen molar-refractivity contribution >= 4 is 33.4 Å². The van der Waals surface area contributed by atoms with Crippen LogP contribution in [0.1, 0.15) is 35.1 Å². The fraction of sp³-hybridized carbons (Fsp3) is 0.700. The fourth-order valence-electron chi connectivity index (χ4n) is 1.21. The van der Waals surface area contributed by atoms with Crippen LogP contribution < -0.4 is 5.32 Å². The summed E-state index contributed by atoms with van der Waals surface area (Å²) < 4.78 is 9.05. The molecule has 0 saturated heterocycles. The van der Waals surface area contributed by atoms with Gasteiger partial charge in [-0.2, -0.15) is 0 Å². The topological polar surface area (TPSA) is 64.1 Å². The van der Waals surface area contributed by atoms with Gasteiger partial charge in [-0.05, 0) is 17.5 Å². The SMILES string of the molecule is CC(C)c1nnsc1C(=O)NCCOCCBr. The molecule has 96 valence electrons. The zero-order chi connectivity index (χ0) is 12.7.